The van der Waals surface area contributed by atoms with E-state index in [0.29, 0.717) is 23.7 Å². The average Bonchev–Trinajstić information content (AvgIpc) is 2.89. The molecule has 0 spiro atoms. The quantitative estimate of drug-likeness (QED) is 0.603. The lowest BCUT2D eigenvalue weighted by Crippen LogP contribution is -2.45. The molecule has 0 aromatic carbocycles. The van der Waals surface area contributed by atoms with Gasteiger partial charge in [-0.3, -0.25) is 4.79 Å². The molecule has 1 saturated heterocycles. The largest absolute Gasteiger partial charge is 0.411 e. The zero-order valence-corrected chi connectivity index (χ0v) is 11.0. The van der Waals surface area contributed by atoms with Crippen molar-refractivity contribution in [3.8, 4) is 0 Å². The second-order valence-electron chi connectivity index (χ2n) is 6.02. The van der Waals surface area contributed by atoms with Gasteiger partial charge in [0, 0.05) is 31.3 Å². The summed E-state index contributed by atoms with van der Waals surface area (Å²) in [6, 6.07) is 0. The van der Waals surface area contributed by atoms with Gasteiger partial charge in [-0.05, 0) is 31.1 Å². The third-order valence-corrected chi connectivity index (χ3v) is 5.17. The molecule has 3 unspecified atom stereocenters. The van der Waals surface area contributed by atoms with Gasteiger partial charge in [0.15, 0.2) is 0 Å². The molecule has 2 saturated carbocycles. The van der Waals surface area contributed by atoms with Crippen LogP contribution in [0.25, 0.3) is 0 Å². The highest BCUT2D eigenvalue weighted by Gasteiger charge is 2.57. The van der Waals surface area contributed by atoms with E-state index in [9.17, 15) is 4.79 Å². The van der Waals surface area contributed by atoms with Crippen LogP contribution in [0.2, 0.25) is 0 Å². The summed E-state index contributed by atoms with van der Waals surface area (Å²) in [4.78, 5) is 14.5. The fourth-order valence-corrected chi connectivity index (χ4v) is 4.01. The first kappa shape index (κ1) is 12.0. The van der Waals surface area contributed by atoms with Crippen LogP contribution in [-0.2, 0) is 4.79 Å². The highest BCUT2D eigenvalue weighted by molar-refractivity contribution is 5.90. The normalized spacial score (nSPS) is 40.9. The minimum atomic E-state index is 0.256. The molecule has 0 bridgehead atoms. The van der Waals surface area contributed by atoms with E-state index in [4.69, 9.17) is 5.21 Å². The van der Waals surface area contributed by atoms with Crippen molar-refractivity contribution in [3.05, 3.63) is 0 Å². The lowest BCUT2D eigenvalue weighted by atomic mass is 9.92. The Hall–Kier alpha value is -1.06. The van der Waals surface area contributed by atoms with E-state index in [-0.39, 0.29) is 5.92 Å². The number of rotatable bonds is 2. The molecule has 3 fully saturated rings. The Morgan fingerprint density at radius 1 is 1.44 bits per heavy atom. The van der Waals surface area contributed by atoms with Crippen molar-refractivity contribution in [2.75, 3.05) is 13.1 Å². The van der Waals surface area contributed by atoms with Crippen LogP contribution in [0.15, 0.2) is 5.16 Å². The number of hydrogen-bond donors (Lipinski definition) is 1. The van der Waals surface area contributed by atoms with Crippen LogP contribution in [0.1, 0.15) is 39.0 Å². The fourth-order valence-electron chi connectivity index (χ4n) is 4.01. The topological polar surface area (TPSA) is 52.9 Å². The number of hydrogen-bond acceptors (Lipinski definition) is 3. The zero-order chi connectivity index (χ0) is 12.7. The lowest BCUT2D eigenvalue weighted by molar-refractivity contribution is -0.134. The molecule has 4 nitrogen and oxygen atoms in total. The molecule has 0 radical (unpaired) electrons. The molecular weight excluding hydrogens is 228 g/mol. The number of fused-ring (bicyclic) bond motifs is 1. The van der Waals surface area contributed by atoms with Crippen LogP contribution in [-0.4, -0.2) is 34.8 Å². The Balaban J connectivity index is 1.62. The molecule has 18 heavy (non-hydrogen) atoms. The lowest BCUT2D eigenvalue weighted by Gasteiger charge is -2.33. The van der Waals surface area contributed by atoms with E-state index in [2.05, 4.69) is 12.1 Å². The number of nitrogens with zero attached hydrogens (tertiary/aromatic N) is 2. The van der Waals surface area contributed by atoms with Crippen LogP contribution in [0.3, 0.4) is 0 Å². The van der Waals surface area contributed by atoms with Crippen LogP contribution in [0, 0.1) is 23.7 Å². The Kier molecular flexibility index (Phi) is 3.04. The number of amides is 1. The van der Waals surface area contributed by atoms with Gasteiger partial charge in [0.05, 0.1) is 5.71 Å². The van der Waals surface area contributed by atoms with Crippen LogP contribution in [0.4, 0.5) is 0 Å². The average molecular weight is 250 g/mol. The number of carbonyl (C=O) groups excluding carboxylic acids is 1. The monoisotopic (exact) mass is 250 g/mol. The molecule has 3 aliphatic rings. The van der Waals surface area contributed by atoms with Crippen molar-refractivity contribution in [1.29, 1.82) is 0 Å². The van der Waals surface area contributed by atoms with Gasteiger partial charge in [-0.25, -0.2) is 0 Å². The SMILES string of the molecule is CCC1CN(C(=O)C2C3CCCC32)CCC1=NO. The molecule has 1 amide bonds. The maximum Gasteiger partial charge on any atom is 0.226 e. The van der Waals surface area contributed by atoms with Crippen molar-refractivity contribution < 1.29 is 10.0 Å². The summed E-state index contributed by atoms with van der Waals surface area (Å²) < 4.78 is 0. The fraction of sp³-hybridized carbons (Fsp3) is 0.857. The Morgan fingerprint density at radius 2 is 2.17 bits per heavy atom. The van der Waals surface area contributed by atoms with Crippen molar-refractivity contribution in [2.45, 2.75) is 39.0 Å². The third kappa shape index (κ3) is 1.82. The summed E-state index contributed by atoms with van der Waals surface area (Å²) in [5.41, 5.74) is 0.873. The molecule has 1 N–H and O–H groups in total. The molecule has 1 heterocycles. The summed E-state index contributed by atoms with van der Waals surface area (Å²) in [7, 11) is 0. The Morgan fingerprint density at radius 3 is 2.78 bits per heavy atom. The van der Waals surface area contributed by atoms with Gasteiger partial charge in [-0.15, -0.1) is 0 Å². The highest BCUT2D eigenvalue weighted by atomic mass is 16.4. The molecule has 0 aromatic rings. The Labute approximate surface area is 108 Å². The van der Waals surface area contributed by atoms with E-state index in [1.54, 1.807) is 0 Å². The predicted molar refractivity (Wildman–Crippen MR) is 68.5 cm³/mol. The molecule has 2 aliphatic carbocycles. The van der Waals surface area contributed by atoms with Gasteiger partial charge in [-0.2, -0.15) is 0 Å². The Bertz CT molecular complexity index is 370. The van der Waals surface area contributed by atoms with E-state index in [1.165, 1.54) is 19.3 Å². The second kappa shape index (κ2) is 4.56. The number of likely N-dealkylation sites (tertiary alicyclic amines) is 1. The number of carbonyl (C=O) groups is 1. The van der Waals surface area contributed by atoms with Gasteiger partial charge >= 0.3 is 0 Å². The zero-order valence-electron chi connectivity index (χ0n) is 11.0. The summed E-state index contributed by atoms with van der Waals surface area (Å²) in [5, 5.41) is 12.3. The van der Waals surface area contributed by atoms with E-state index < -0.39 is 0 Å². The molecule has 1 aliphatic heterocycles. The molecule has 4 heteroatoms. The first-order chi connectivity index (χ1) is 8.76. The van der Waals surface area contributed by atoms with E-state index in [0.717, 1.165) is 31.6 Å². The number of oxime groups is 1. The maximum absolute atomic E-state index is 12.5. The summed E-state index contributed by atoms with van der Waals surface area (Å²) in [6.07, 6.45) is 5.52. The number of piperidine rings is 1. The van der Waals surface area contributed by atoms with Gasteiger partial charge < -0.3 is 10.1 Å². The van der Waals surface area contributed by atoms with Crippen LogP contribution >= 0.6 is 0 Å². The summed E-state index contributed by atoms with van der Waals surface area (Å²) in [5.74, 6) is 2.37. The van der Waals surface area contributed by atoms with Crippen molar-refractivity contribution in [2.24, 2.45) is 28.8 Å². The van der Waals surface area contributed by atoms with E-state index >= 15 is 0 Å². The summed E-state index contributed by atoms with van der Waals surface area (Å²) >= 11 is 0. The smallest absolute Gasteiger partial charge is 0.226 e. The first-order valence-corrected chi connectivity index (χ1v) is 7.25. The minimum absolute atomic E-state index is 0.256. The van der Waals surface area contributed by atoms with Crippen LogP contribution < -0.4 is 0 Å². The predicted octanol–water partition coefficient (Wildman–Crippen LogP) is 2.12. The third-order valence-electron chi connectivity index (χ3n) is 5.17. The highest BCUT2D eigenvalue weighted by Crippen LogP contribution is 2.58. The van der Waals surface area contributed by atoms with Gasteiger partial charge in [-0.1, -0.05) is 18.5 Å². The summed E-state index contributed by atoms with van der Waals surface area (Å²) in [6.45, 7) is 3.59. The van der Waals surface area contributed by atoms with Crippen molar-refractivity contribution in [1.82, 2.24) is 4.90 Å². The molecular formula is C14H22N2O2. The molecule has 0 aromatic heterocycles. The van der Waals surface area contributed by atoms with Crippen molar-refractivity contribution >= 4 is 11.6 Å². The van der Waals surface area contributed by atoms with Crippen molar-refractivity contribution in [3.63, 3.8) is 0 Å². The second-order valence-corrected chi connectivity index (χ2v) is 6.02. The van der Waals surface area contributed by atoms with Gasteiger partial charge in [0.1, 0.15) is 0 Å². The molecule has 3 rings (SSSR count). The standard InChI is InChI=1S/C14H22N2O2/c1-2-9-8-16(7-6-12(9)15-18)14(17)13-10-4-3-5-11(10)13/h9-11,13,18H,2-8H2,1H3. The first-order valence-electron chi connectivity index (χ1n) is 7.25. The maximum atomic E-state index is 12.5. The minimum Gasteiger partial charge on any atom is -0.411 e. The molecule has 100 valence electrons. The molecule has 3 atom stereocenters. The van der Waals surface area contributed by atoms with Crippen LogP contribution in [0.5, 0.6) is 0 Å². The van der Waals surface area contributed by atoms with Gasteiger partial charge in [0.25, 0.3) is 0 Å². The van der Waals surface area contributed by atoms with E-state index in [1.807, 2.05) is 4.90 Å². The van der Waals surface area contributed by atoms with Gasteiger partial charge in [0.2, 0.25) is 5.91 Å².